The number of benzene rings is 1. The first-order valence-corrected chi connectivity index (χ1v) is 6.37. The third-order valence-corrected chi connectivity index (χ3v) is 4.10. The van der Waals surface area contributed by atoms with E-state index in [1.54, 1.807) is 0 Å². The standard InChI is InChI=1S/C15H17ClO2/c1-15(2)11(13(15)14(17)18-3)9-8-10-6-4-5-7-12(10)16/h4-9,11,13H,1-3H3/t11-,13+/m0/s1. The molecule has 18 heavy (non-hydrogen) atoms. The monoisotopic (exact) mass is 264 g/mol. The van der Waals surface area contributed by atoms with E-state index in [1.807, 2.05) is 30.3 Å². The van der Waals surface area contributed by atoms with Crippen molar-refractivity contribution < 1.29 is 9.53 Å². The Kier molecular flexibility index (Phi) is 3.49. The van der Waals surface area contributed by atoms with Crippen molar-refractivity contribution in [1.29, 1.82) is 0 Å². The molecule has 1 aromatic rings. The molecule has 0 N–H and O–H groups in total. The number of ether oxygens (including phenoxy) is 1. The summed E-state index contributed by atoms with van der Waals surface area (Å²) in [6.45, 7) is 4.16. The van der Waals surface area contributed by atoms with Gasteiger partial charge < -0.3 is 4.74 Å². The molecule has 1 fully saturated rings. The Morgan fingerprint density at radius 2 is 2.06 bits per heavy atom. The third kappa shape index (κ3) is 2.30. The summed E-state index contributed by atoms with van der Waals surface area (Å²) in [6, 6.07) is 7.66. The van der Waals surface area contributed by atoms with Crippen molar-refractivity contribution in [3.05, 3.63) is 40.9 Å². The maximum atomic E-state index is 11.6. The van der Waals surface area contributed by atoms with Gasteiger partial charge in [0.2, 0.25) is 0 Å². The zero-order valence-electron chi connectivity index (χ0n) is 10.8. The normalized spacial score (nSPS) is 25.1. The number of rotatable bonds is 3. The molecule has 2 atom stereocenters. The second-order valence-electron chi connectivity index (χ2n) is 5.23. The van der Waals surface area contributed by atoms with Gasteiger partial charge in [-0.3, -0.25) is 4.79 Å². The average Bonchev–Trinajstić information content (AvgIpc) is 2.89. The lowest BCUT2D eigenvalue weighted by atomic mass is 10.1. The summed E-state index contributed by atoms with van der Waals surface area (Å²) < 4.78 is 4.82. The highest BCUT2D eigenvalue weighted by Crippen LogP contribution is 2.59. The highest BCUT2D eigenvalue weighted by Gasteiger charge is 2.61. The molecule has 2 nitrogen and oxygen atoms in total. The predicted molar refractivity (Wildman–Crippen MR) is 73.3 cm³/mol. The van der Waals surface area contributed by atoms with Crippen LogP contribution < -0.4 is 0 Å². The molecule has 1 aliphatic rings. The lowest BCUT2D eigenvalue weighted by Gasteiger charge is -1.99. The highest BCUT2D eigenvalue weighted by atomic mass is 35.5. The molecular formula is C15H17ClO2. The van der Waals surface area contributed by atoms with E-state index in [0.717, 1.165) is 10.6 Å². The van der Waals surface area contributed by atoms with E-state index in [9.17, 15) is 4.79 Å². The van der Waals surface area contributed by atoms with Crippen molar-refractivity contribution >= 4 is 23.6 Å². The van der Waals surface area contributed by atoms with Crippen LogP contribution in [0.1, 0.15) is 19.4 Å². The first kappa shape index (κ1) is 13.2. The van der Waals surface area contributed by atoms with Crippen LogP contribution in [0.4, 0.5) is 0 Å². The summed E-state index contributed by atoms with van der Waals surface area (Å²) in [7, 11) is 1.44. The Morgan fingerprint density at radius 1 is 1.39 bits per heavy atom. The first-order chi connectivity index (χ1) is 8.48. The van der Waals surface area contributed by atoms with Gasteiger partial charge in [0.05, 0.1) is 13.0 Å². The van der Waals surface area contributed by atoms with Crippen LogP contribution in [0.25, 0.3) is 6.08 Å². The number of hydrogen-bond acceptors (Lipinski definition) is 2. The Labute approximate surface area is 113 Å². The minimum Gasteiger partial charge on any atom is -0.469 e. The maximum Gasteiger partial charge on any atom is 0.309 e. The molecule has 3 heteroatoms. The lowest BCUT2D eigenvalue weighted by molar-refractivity contribution is -0.143. The molecule has 0 aliphatic heterocycles. The molecule has 1 saturated carbocycles. The van der Waals surface area contributed by atoms with Gasteiger partial charge >= 0.3 is 5.97 Å². The van der Waals surface area contributed by atoms with Gasteiger partial charge in [-0.05, 0) is 23.0 Å². The minimum atomic E-state index is -0.131. The zero-order valence-corrected chi connectivity index (χ0v) is 11.6. The molecule has 0 heterocycles. The van der Waals surface area contributed by atoms with Gasteiger partial charge in [0.25, 0.3) is 0 Å². The van der Waals surface area contributed by atoms with E-state index in [-0.39, 0.29) is 23.2 Å². The van der Waals surface area contributed by atoms with Crippen molar-refractivity contribution in [2.24, 2.45) is 17.3 Å². The molecule has 0 radical (unpaired) electrons. The highest BCUT2D eigenvalue weighted by molar-refractivity contribution is 6.32. The van der Waals surface area contributed by atoms with Gasteiger partial charge in [0.1, 0.15) is 0 Å². The Balaban J connectivity index is 2.12. The number of carbonyl (C=O) groups is 1. The second-order valence-corrected chi connectivity index (χ2v) is 5.64. The summed E-state index contributed by atoms with van der Waals surface area (Å²) in [5.41, 5.74) is 0.954. The molecule has 0 amide bonds. The fraction of sp³-hybridized carbons (Fsp3) is 0.400. The molecule has 0 aromatic heterocycles. The Hall–Kier alpha value is -1.28. The van der Waals surface area contributed by atoms with E-state index < -0.39 is 0 Å². The molecule has 2 rings (SSSR count). The van der Waals surface area contributed by atoms with Crippen LogP contribution in [0.5, 0.6) is 0 Å². The number of halogens is 1. The molecule has 1 aliphatic carbocycles. The number of esters is 1. The van der Waals surface area contributed by atoms with E-state index in [2.05, 4.69) is 19.9 Å². The van der Waals surface area contributed by atoms with Crippen molar-refractivity contribution in [2.75, 3.05) is 7.11 Å². The van der Waals surface area contributed by atoms with Gasteiger partial charge in [-0.25, -0.2) is 0 Å². The Bertz CT molecular complexity index is 491. The predicted octanol–water partition coefficient (Wildman–Crippen LogP) is 3.80. The largest absolute Gasteiger partial charge is 0.469 e. The molecular weight excluding hydrogens is 248 g/mol. The number of methoxy groups -OCH3 is 1. The van der Waals surface area contributed by atoms with Gasteiger partial charge in [0, 0.05) is 5.02 Å². The SMILES string of the molecule is COC(=O)[C@H]1[C@H](C=Cc2ccccc2Cl)C1(C)C. The van der Waals surface area contributed by atoms with E-state index >= 15 is 0 Å². The van der Waals surface area contributed by atoms with Crippen LogP contribution >= 0.6 is 11.6 Å². The van der Waals surface area contributed by atoms with E-state index in [0.29, 0.717) is 0 Å². The topological polar surface area (TPSA) is 26.3 Å². The smallest absolute Gasteiger partial charge is 0.309 e. The fourth-order valence-corrected chi connectivity index (χ4v) is 2.63. The van der Waals surface area contributed by atoms with Crippen molar-refractivity contribution in [3.8, 4) is 0 Å². The van der Waals surface area contributed by atoms with Crippen LogP contribution in [-0.2, 0) is 9.53 Å². The van der Waals surface area contributed by atoms with Crippen LogP contribution in [0.2, 0.25) is 5.02 Å². The lowest BCUT2D eigenvalue weighted by Crippen LogP contribution is -2.07. The molecule has 0 bridgehead atoms. The molecule has 96 valence electrons. The summed E-state index contributed by atoms with van der Waals surface area (Å²) in [4.78, 5) is 11.6. The summed E-state index contributed by atoms with van der Waals surface area (Å²) in [5.74, 6) is 0.0521. The van der Waals surface area contributed by atoms with Crippen LogP contribution in [0.15, 0.2) is 30.3 Å². The first-order valence-electron chi connectivity index (χ1n) is 5.99. The van der Waals surface area contributed by atoms with Gasteiger partial charge in [0.15, 0.2) is 0 Å². The second kappa shape index (κ2) is 4.77. The summed E-state index contributed by atoms with van der Waals surface area (Å²) >= 11 is 6.08. The Morgan fingerprint density at radius 3 is 2.67 bits per heavy atom. The number of carbonyl (C=O) groups excluding carboxylic acids is 1. The van der Waals surface area contributed by atoms with E-state index in [4.69, 9.17) is 16.3 Å². The summed E-state index contributed by atoms with van der Waals surface area (Å²) in [5, 5.41) is 0.724. The molecule has 0 unspecified atom stereocenters. The quantitative estimate of drug-likeness (QED) is 0.777. The third-order valence-electron chi connectivity index (χ3n) is 3.75. The van der Waals surface area contributed by atoms with Crippen LogP contribution in [-0.4, -0.2) is 13.1 Å². The summed E-state index contributed by atoms with van der Waals surface area (Å²) in [6.07, 6.45) is 4.04. The van der Waals surface area contributed by atoms with E-state index in [1.165, 1.54) is 7.11 Å². The average molecular weight is 265 g/mol. The van der Waals surface area contributed by atoms with Gasteiger partial charge in [-0.15, -0.1) is 0 Å². The molecule has 0 spiro atoms. The van der Waals surface area contributed by atoms with Gasteiger partial charge in [-0.1, -0.05) is 55.8 Å². The zero-order chi connectivity index (χ0) is 13.3. The number of hydrogen-bond donors (Lipinski definition) is 0. The van der Waals surface area contributed by atoms with Crippen molar-refractivity contribution in [2.45, 2.75) is 13.8 Å². The molecule has 0 saturated heterocycles. The fourth-order valence-electron chi connectivity index (χ4n) is 2.43. The minimum absolute atomic E-state index is 0.0230. The van der Waals surface area contributed by atoms with Crippen LogP contribution in [0.3, 0.4) is 0 Å². The number of allylic oxidation sites excluding steroid dienone is 1. The van der Waals surface area contributed by atoms with Crippen molar-refractivity contribution in [3.63, 3.8) is 0 Å². The van der Waals surface area contributed by atoms with Crippen LogP contribution in [0, 0.1) is 17.3 Å². The molecule has 1 aromatic carbocycles. The maximum absolute atomic E-state index is 11.6. The van der Waals surface area contributed by atoms with Gasteiger partial charge in [-0.2, -0.15) is 0 Å². The van der Waals surface area contributed by atoms with Crippen molar-refractivity contribution in [1.82, 2.24) is 0 Å².